The van der Waals surface area contributed by atoms with E-state index in [1.165, 1.54) is 11.1 Å². The molecule has 0 saturated heterocycles. The molecule has 0 saturated carbocycles. The van der Waals surface area contributed by atoms with Crippen LogP contribution in [0.5, 0.6) is 0 Å². The zero-order chi connectivity index (χ0) is 18.9. The summed E-state index contributed by atoms with van der Waals surface area (Å²) in [5, 5.41) is 3.15. The lowest BCUT2D eigenvalue weighted by Crippen LogP contribution is -2.33. The van der Waals surface area contributed by atoms with Gasteiger partial charge in [-0.15, -0.1) is 11.8 Å². The number of carbonyl (C=O) groups excluding carboxylic acids is 1. The molecule has 0 fully saturated rings. The fourth-order valence-electron chi connectivity index (χ4n) is 2.92. The first kappa shape index (κ1) is 19.2. The van der Waals surface area contributed by atoms with Crippen LogP contribution >= 0.6 is 11.8 Å². The van der Waals surface area contributed by atoms with E-state index in [2.05, 4.69) is 48.6 Å². The van der Waals surface area contributed by atoms with Gasteiger partial charge in [0.1, 0.15) is 0 Å². The molecule has 0 aliphatic heterocycles. The largest absolute Gasteiger partial charge is 0.350 e. The van der Waals surface area contributed by atoms with Crippen molar-refractivity contribution >= 4 is 17.7 Å². The number of hydrogen-bond donors (Lipinski definition) is 1. The molecule has 0 radical (unpaired) electrons. The van der Waals surface area contributed by atoms with Gasteiger partial charge in [0.05, 0.1) is 5.56 Å². The fraction of sp³-hybridized carbons (Fsp3) is 0.208. The summed E-state index contributed by atoms with van der Waals surface area (Å²) in [6.07, 6.45) is 1.89. The van der Waals surface area contributed by atoms with Crippen LogP contribution in [0.15, 0.2) is 89.8 Å². The van der Waals surface area contributed by atoms with Gasteiger partial charge in [0, 0.05) is 16.7 Å². The second kappa shape index (κ2) is 9.98. The van der Waals surface area contributed by atoms with E-state index in [1.54, 1.807) is 11.8 Å². The highest BCUT2D eigenvalue weighted by atomic mass is 32.2. The molecule has 3 aromatic rings. The molecule has 3 aromatic carbocycles. The molecule has 0 bridgehead atoms. The van der Waals surface area contributed by atoms with Gasteiger partial charge in [0.2, 0.25) is 0 Å². The van der Waals surface area contributed by atoms with E-state index < -0.39 is 0 Å². The molecule has 0 heterocycles. The summed E-state index contributed by atoms with van der Waals surface area (Å²) in [6.45, 7) is 2.07. The summed E-state index contributed by atoms with van der Waals surface area (Å²) in [5.74, 6) is 0.862. The topological polar surface area (TPSA) is 29.1 Å². The Balaban J connectivity index is 1.57. The van der Waals surface area contributed by atoms with E-state index in [9.17, 15) is 4.79 Å². The van der Waals surface area contributed by atoms with E-state index in [0.717, 1.165) is 29.1 Å². The van der Waals surface area contributed by atoms with Gasteiger partial charge in [-0.3, -0.25) is 4.79 Å². The molecule has 1 atom stereocenters. The minimum absolute atomic E-state index is 0.00623. The summed E-state index contributed by atoms with van der Waals surface area (Å²) >= 11 is 1.70. The van der Waals surface area contributed by atoms with Gasteiger partial charge in [0.25, 0.3) is 5.91 Å². The molecule has 1 N–H and O–H groups in total. The van der Waals surface area contributed by atoms with Crippen LogP contribution in [-0.2, 0) is 12.2 Å². The van der Waals surface area contributed by atoms with Gasteiger partial charge in [-0.25, -0.2) is 0 Å². The van der Waals surface area contributed by atoms with Gasteiger partial charge in [-0.1, -0.05) is 72.8 Å². The molecule has 0 unspecified atom stereocenters. The molecular formula is C24H25NOS. The highest BCUT2D eigenvalue weighted by Crippen LogP contribution is 2.26. The van der Waals surface area contributed by atoms with Crippen LogP contribution in [0.3, 0.4) is 0 Å². The van der Waals surface area contributed by atoms with Gasteiger partial charge in [-0.05, 0) is 43.0 Å². The number of aryl methyl sites for hydroxylation is 1. The van der Waals surface area contributed by atoms with Crippen molar-refractivity contribution in [2.45, 2.75) is 36.5 Å². The summed E-state index contributed by atoms with van der Waals surface area (Å²) in [4.78, 5) is 13.8. The van der Waals surface area contributed by atoms with Crippen molar-refractivity contribution in [2.24, 2.45) is 0 Å². The highest BCUT2D eigenvalue weighted by Gasteiger charge is 2.14. The van der Waals surface area contributed by atoms with Crippen molar-refractivity contribution in [1.29, 1.82) is 0 Å². The normalized spacial score (nSPS) is 11.7. The Morgan fingerprint density at radius 3 is 2.15 bits per heavy atom. The number of thioether (sulfide) groups is 1. The Morgan fingerprint density at radius 1 is 0.852 bits per heavy atom. The van der Waals surface area contributed by atoms with Gasteiger partial charge in [0.15, 0.2) is 0 Å². The van der Waals surface area contributed by atoms with Crippen LogP contribution in [0.4, 0.5) is 0 Å². The molecule has 0 aliphatic rings. The number of rotatable bonds is 8. The monoisotopic (exact) mass is 375 g/mol. The number of benzene rings is 3. The summed E-state index contributed by atoms with van der Waals surface area (Å²) < 4.78 is 0. The molecule has 0 aromatic heterocycles. The van der Waals surface area contributed by atoms with Gasteiger partial charge >= 0.3 is 0 Å². The smallest absolute Gasteiger partial charge is 0.252 e. The van der Waals surface area contributed by atoms with Gasteiger partial charge < -0.3 is 5.32 Å². The Hall–Kier alpha value is -2.52. The van der Waals surface area contributed by atoms with E-state index in [0.29, 0.717) is 0 Å². The van der Waals surface area contributed by atoms with Crippen LogP contribution in [-0.4, -0.2) is 11.9 Å². The van der Waals surface area contributed by atoms with Crippen LogP contribution < -0.4 is 5.32 Å². The lowest BCUT2D eigenvalue weighted by Gasteiger charge is -2.15. The van der Waals surface area contributed by atoms with E-state index in [1.807, 2.05) is 48.5 Å². The zero-order valence-corrected chi connectivity index (χ0v) is 16.4. The number of nitrogens with one attached hydrogen (secondary N) is 1. The van der Waals surface area contributed by atoms with Crippen molar-refractivity contribution in [3.63, 3.8) is 0 Å². The maximum absolute atomic E-state index is 12.8. The second-order valence-electron chi connectivity index (χ2n) is 6.67. The SMILES string of the molecule is C[C@@H](CCc1ccccc1)NC(=O)c1ccccc1SCc1ccccc1. The lowest BCUT2D eigenvalue weighted by atomic mass is 10.1. The molecular weight excluding hydrogens is 350 g/mol. The Kier molecular flexibility index (Phi) is 7.11. The molecule has 0 aliphatic carbocycles. The highest BCUT2D eigenvalue weighted by molar-refractivity contribution is 7.98. The summed E-state index contributed by atoms with van der Waals surface area (Å²) in [5.41, 5.74) is 3.32. The first-order valence-electron chi connectivity index (χ1n) is 9.33. The third kappa shape index (κ3) is 6.00. The molecule has 2 nitrogen and oxygen atoms in total. The predicted octanol–water partition coefficient (Wildman–Crippen LogP) is 5.73. The number of carbonyl (C=O) groups is 1. The van der Waals surface area contributed by atoms with Crippen molar-refractivity contribution in [3.8, 4) is 0 Å². The molecule has 1 amide bonds. The van der Waals surface area contributed by atoms with Crippen LogP contribution in [0.2, 0.25) is 0 Å². The summed E-state index contributed by atoms with van der Waals surface area (Å²) in [7, 11) is 0. The maximum atomic E-state index is 12.8. The Bertz CT molecular complexity index is 849. The molecule has 0 spiro atoms. The van der Waals surface area contributed by atoms with Crippen LogP contribution in [0, 0.1) is 0 Å². The average Bonchev–Trinajstić information content (AvgIpc) is 2.72. The lowest BCUT2D eigenvalue weighted by molar-refractivity contribution is 0.0935. The second-order valence-corrected chi connectivity index (χ2v) is 7.69. The summed E-state index contributed by atoms with van der Waals surface area (Å²) in [6, 6.07) is 28.7. The van der Waals surface area contributed by atoms with Crippen molar-refractivity contribution in [2.75, 3.05) is 0 Å². The maximum Gasteiger partial charge on any atom is 0.252 e. The Morgan fingerprint density at radius 2 is 1.44 bits per heavy atom. The average molecular weight is 376 g/mol. The predicted molar refractivity (Wildman–Crippen MR) is 114 cm³/mol. The van der Waals surface area contributed by atoms with Crippen LogP contribution in [0.25, 0.3) is 0 Å². The first-order valence-corrected chi connectivity index (χ1v) is 10.3. The van der Waals surface area contributed by atoms with Crippen LogP contribution in [0.1, 0.15) is 34.8 Å². The van der Waals surface area contributed by atoms with E-state index >= 15 is 0 Å². The number of hydrogen-bond acceptors (Lipinski definition) is 2. The third-order valence-electron chi connectivity index (χ3n) is 4.46. The van der Waals surface area contributed by atoms with Crippen molar-refractivity contribution in [1.82, 2.24) is 5.32 Å². The molecule has 3 heteroatoms. The standard InChI is InChI=1S/C24H25NOS/c1-19(16-17-20-10-4-2-5-11-20)25-24(26)22-14-8-9-15-23(22)27-18-21-12-6-3-7-13-21/h2-15,19H,16-18H2,1H3,(H,25,26)/t19-/m0/s1. The minimum atomic E-state index is 0.00623. The molecule has 138 valence electrons. The molecule has 3 rings (SSSR count). The van der Waals surface area contributed by atoms with Crippen molar-refractivity contribution < 1.29 is 4.79 Å². The minimum Gasteiger partial charge on any atom is -0.350 e. The Labute approximate surface area is 166 Å². The molecule has 27 heavy (non-hydrogen) atoms. The van der Waals surface area contributed by atoms with Gasteiger partial charge in [-0.2, -0.15) is 0 Å². The van der Waals surface area contributed by atoms with E-state index in [-0.39, 0.29) is 11.9 Å². The fourth-order valence-corrected chi connectivity index (χ4v) is 3.92. The quantitative estimate of drug-likeness (QED) is 0.509. The number of amides is 1. The third-order valence-corrected chi connectivity index (χ3v) is 5.60. The zero-order valence-electron chi connectivity index (χ0n) is 15.6. The van der Waals surface area contributed by atoms with E-state index in [4.69, 9.17) is 0 Å². The first-order chi connectivity index (χ1) is 13.2. The van der Waals surface area contributed by atoms with Crippen molar-refractivity contribution in [3.05, 3.63) is 102 Å².